The van der Waals surface area contributed by atoms with Gasteiger partial charge in [0, 0.05) is 45.4 Å². The van der Waals surface area contributed by atoms with Gasteiger partial charge in [-0.25, -0.2) is 4.98 Å². The molecule has 2 heterocycles. The van der Waals surface area contributed by atoms with Crippen molar-refractivity contribution in [2.24, 2.45) is 0 Å². The van der Waals surface area contributed by atoms with E-state index < -0.39 is 6.10 Å². The quantitative estimate of drug-likeness (QED) is 0.651. The van der Waals surface area contributed by atoms with Crippen molar-refractivity contribution in [1.29, 1.82) is 0 Å². The first-order valence-corrected chi connectivity index (χ1v) is 10.6. The van der Waals surface area contributed by atoms with E-state index >= 15 is 0 Å². The predicted octanol–water partition coefficient (Wildman–Crippen LogP) is 1.25. The predicted molar refractivity (Wildman–Crippen MR) is 105 cm³/mol. The Balaban J connectivity index is 1.39. The molecule has 1 atom stereocenters. The maximum Gasteiger partial charge on any atom is 0.273 e. The Morgan fingerprint density at radius 1 is 1.29 bits per heavy atom. The Bertz CT molecular complexity index is 595. The van der Waals surface area contributed by atoms with E-state index in [1.165, 1.54) is 25.5 Å². The summed E-state index contributed by atoms with van der Waals surface area (Å²) in [6.07, 6.45) is 6.77. The van der Waals surface area contributed by atoms with E-state index in [-0.39, 0.29) is 11.9 Å². The van der Waals surface area contributed by atoms with Gasteiger partial charge >= 0.3 is 0 Å². The third-order valence-electron chi connectivity index (χ3n) is 5.53. The number of oxazole rings is 1. The lowest BCUT2D eigenvalue weighted by molar-refractivity contribution is 0.00949. The molecule has 2 aliphatic rings. The van der Waals surface area contributed by atoms with Crippen LogP contribution in [-0.2, 0) is 11.3 Å². The van der Waals surface area contributed by atoms with Crippen LogP contribution >= 0.6 is 0 Å². The number of hydrogen-bond donors (Lipinski definition) is 2. The van der Waals surface area contributed by atoms with Gasteiger partial charge in [0.1, 0.15) is 6.26 Å². The summed E-state index contributed by atoms with van der Waals surface area (Å²) in [5.74, 6) is 0.452. The van der Waals surface area contributed by atoms with Gasteiger partial charge in [0.2, 0.25) is 5.89 Å². The zero-order chi connectivity index (χ0) is 19.8. The average molecular weight is 395 g/mol. The van der Waals surface area contributed by atoms with Gasteiger partial charge in [0.15, 0.2) is 5.69 Å². The fraction of sp³-hybridized carbons (Fsp3) is 0.800. The number of nitrogens with one attached hydrogen (secondary N) is 1. The summed E-state index contributed by atoms with van der Waals surface area (Å²) in [6.45, 7) is 7.72. The lowest BCUT2D eigenvalue weighted by Crippen LogP contribution is -2.48. The number of β-amino-alcohol motifs (C(OH)–C–C–N with tert-alkyl or cyclic N) is 1. The molecular weight excluding hydrogens is 360 g/mol. The lowest BCUT2D eigenvalue weighted by Gasteiger charge is -2.34. The van der Waals surface area contributed by atoms with Gasteiger partial charge in [0.25, 0.3) is 5.91 Å². The van der Waals surface area contributed by atoms with Crippen molar-refractivity contribution >= 4 is 5.91 Å². The standard InChI is InChI=1S/C20H34N4O4/c1-2-27-14-17(25)12-23-8-10-24(11-9-23)13-19-22-18(15-28-19)20(26)21-16-6-4-3-5-7-16/h15-17,25H,2-14H2,1H3,(H,21,26)/t17-/m0/s1. The number of nitrogens with zero attached hydrogens (tertiary/aromatic N) is 3. The lowest BCUT2D eigenvalue weighted by atomic mass is 9.95. The summed E-state index contributed by atoms with van der Waals surface area (Å²) >= 11 is 0. The molecule has 0 spiro atoms. The number of ether oxygens (including phenoxy) is 1. The first-order valence-electron chi connectivity index (χ1n) is 10.6. The molecule has 1 saturated heterocycles. The minimum Gasteiger partial charge on any atom is -0.447 e. The van der Waals surface area contributed by atoms with E-state index in [0.29, 0.717) is 37.9 Å². The fourth-order valence-electron chi connectivity index (χ4n) is 3.92. The molecule has 0 unspecified atom stereocenters. The number of aliphatic hydroxyl groups is 1. The van der Waals surface area contributed by atoms with E-state index in [9.17, 15) is 9.90 Å². The molecule has 0 aromatic carbocycles. The summed E-state index contributed by atoms with van der Waals surface area (Å²) in [6, 6.07) is 0.271. The van der Waals surface area contributed by atoms with Crippen molar-refractivity contribution in [3.8, 4) is 0 Å². The van der Waals surface area contributed by atoms with Gasteiger partial charge in [-0.3, -0.25) is 14.6 Å². The molecule has 1 aromatic rings. The molecule has 8 heteroatoms. The average Bonchev–Trinajstić information content (AvgIpc) is 3.17. The molecule has 0 radical (unpaired) electrons. The minimum atomic E-state index is -0.441. The zero-order valence-corrected chi connectivity index (χ0v) is 16.9. The highest BCUT2D eigenvalue weighted by molar-refractivity contribution is 5.92. The molecular formula is C20H34N4O4. The zero-order valence-electron chi connectivity index (χ0n) is 16.9. The van der Waals surface area contributed by atoms with Crippen LogP contribution in [0.25, 0.3) is 0 Å². The summed E-state index contributed by atoms with van der Waals surface area (Å²) in [5.41, 5.74) is 0.373. The first kappa shape index (κ1) is 21.2. The normalized spacial score (nSPS) is 20.9. The van der Waals surface area contributed by atoms with Crippen LogP contribution in [0.1, 0.15) is 55.4 Å². The summed E-state index contributed by atoms with van der Waals surface area (Å²) in [7, 11) is 0. The van der Waals surface area contributed by atoms with Crippen LogP contribution in [0.5, 0.6) is 0 Å². The third-order valence-corrected chi connectivity index (χ3v) is 5.53. The number of aromatic nitrogens is 1. The molecule has 1 aliphatic carbocycles. The molecule has 1 aliphatic heterocycles. The van der Waals surface area contributed by atoms with Crippen LogP contribution in [0.2, 0.25) is 0 Å². The Morgan fingerprint density at radius 3 is 2.71 bits per heavy atom. The maximum absolute atomic E-state index is 12.4. The number of piperazine rings is 1. The number of hydrogen-bond acceptors (Lipinski definition) is 7. The van der Waals surface area contributed by atoms with E-state index in [1.807, 2.05) is 6.92 Å². The largest absolute Gasteiger partial charge is 0.447 e. The van der Waals surface area contributed by atoms with Crippen molar-refractivity contribution < 1.29 is 19.1 Å². The second-order valence-corrected chi connectivity index (χ2v) is 7.82. The van der Waals surface area contributed by atoms with Crippen LogP contribution in [0.4, 0.5) is 0 Å². The third kappa shape index (κ3) is 6.55. The van der Waals surface area contributed by atoms with Crippen molar-refractivity contribution in [1.82, 2.24) is 20.1 Å². The number of carbonyl (C=O) groups is 1. The van der Waals surface area contributed by atoms with E-state index in [1.54, 1.807) is 0 Å². The van der Waals surface area contributed by atoms with Crippen LogP contribution in [0, 0.1) is 0 Å². The molecule has 1 amide bonds. The molecule has 158 valence electrons. The van der Waals surface area contributed by atoms with Crippen LogP contribution in [0.15, 0.2) is 10.7 Å². The Labute approximate surface area is 167 Å². The van der Waals surface area contributed by atoms with Crippen LogP contribution < -0.4 is 5.32 Å². The van der Waals surface area contributed by atoms with Crippen LogP contribution in [-0.4, -0.2) is 83.9 Å². The molecule has 2 N–H and O–H groups in total. The molecule has 1 aromatic heterocycles. The van der Waals surface area contributed by atoms with E-state index in [2.05, 4.69) is 20.1 Å². The molecule has 3 rings (SSSR count). The number of carbonyl (C=O) groups excluding carboxylic acids is 1. The molecule has 28 heavy (non-hydrogen) atoms. The number of amides is 1. The summed E-state index contributed by atoms with van der Waals surface area (Å²) in [5, 5.41) is 13.0. The Hall–Kier alpha value is -1.48. The summed E-state index contributed by atoms with van der Waals surface area (Å²) in [4.78, 5) is 21.2. The highest BCUT2D eigenvalue weighted by atomic mass is 16.5. The monoisotopic (exact) mass is 394 g/mol. The van der Waals surface area contributed by atoms with Gasteiger partial charge < -0.3 is 19.6 Å². The fourth-order valence-corrected chi connectivity index (χ4v) is 3.92. The molecule has 8 nitrogen and oxygen atoms in total. The molecule has 1 saturated carbocycles. The first-order chi connectivity index (χ1) is 13.6. The Kier molecular flexibility index (Phi) is 8.27. The summed E-state index contributed by atoms with van der Waals surface area (Å²) < 4.78 is 10.8. The van der Waals surface area contributed by atoms with Gasteiger partial charge in [-0.15, -0.1) is 0 Å². The van der Waals surface area contributed by atoms with Gasteiger partial charge in [0.05, 0.1) is 19.3 Å². The van der Waals surface area contributed by atoms with Crippen molar-refractivity contribution in [2.45, 2.75) is 57.7 Å². The van der Waals surface area contributed by atoms with Gasteiger partial charge in [-0.05, 0) is 19.8 Å². The highest BCUT2D eigenvalue weighted by Crippen LogP contribution is 2.18. The van der Waals surface area contributed by atoms with Crippen molar-refractivity contribution in [3.05, 3.63) is 17.8 Å². The second-order valence-electron chi connectivity index (χ2n) is 7.82. The minimum absolute atomic E-state index is 0.130. The molecule has 0 bridgehead atoms. The second kappa shape index (κ2) is 10.9. The topological polar surface area (TPSA) is 91.1 Å². The van der Waals surface area contributed by atoms with Crippen LogP contribution in [0.3, 0.4) is 0 Å². The smallest absolute Gasteiger partial charge is 0.273 e. The van der Waals surface area contributed by atoms with E-state index in [4.69, 9.17) is 9.15 Å². The molecule has 2 fully saturated rings. The van der Waals surface area contributed by atoms with E-state index in [0.717, 1.165) is 39.0 Å². The van der Waals surface area contributed by atoms with Crippen molar-refractivity contribution in [2.75, 3.05) is 45.9 Å². The number of rotatable bonds is 9. The van der Waals surface area contributed by atoms with Crippen molar-refractivity contribution in [3.63, 3.8) is 0 Å². The maximum atomic E-state index is 12.4. The number of aliphatic hydroxyl groups excluding tert-OH is 1. The Morgan fingerprint density at radius 2 is 2.00 bits per heavy atom. The highest BCUT2D eigenvalue weighted by Gasteiger charge is 2.22. The van der Waals surface area contributed by atoms with Gasteiger partial charge in [-0.1, -0.05) is 19.3 Å². The van der Waals surface area contributed by atoms with Gasteiger partial charge in [-0.2, -0.15) is 0 Å². The SMILES string of the molecule is CCOC[C@@H](O)CN1CCN(Cc2nc(C(=O)NC3CCCCC3)co2)CC1.